The van der Waals surface area contributed by atoms with E-state index in [2.05, 4.69) is 38.8 Å². The number of aryl methyl sites for hydroxylation is 1. The van der Waals surface area contributed by atoms with E-state index < -0.39 is 0 Å². The molecule has 0 aromatic heterocycles. The van der Waals surface area contributed by atoms with Gasteiger partial charge in [-0.1, -0.05) is 124 Å². The van der Waals surface area contributed by atoms with Gasteiger partial charge in [0.1, 0.15) is 0 Å². The summed E-state index contributed by atoms with van der Waals surface area (Å²) in [5.74, 6) is 0. The Bertz CT molecular complexity index is 456. The van der Waals surface area contributed by atoms with Crippen molar-refractivity contribution in [3.8, 4) is 0 Å². The minimum atomic E-state index is 1.15. The molecule has 0 amide bonds. The molecule has 1 rings (SSSR count). The van der Waals surface area contributed by atoms with Gasteiger partial charge in [-0.15, -0.1) is 0 Å². The van der Waals surface area contributed by atoms with Crippen LogP contribution in [-0.4, -0.2) is 0 Å². The van der Waals surface area contributed by atoms with Crippen LogP contribution in [-0.2, 0) is 0 Å². The zero-order valence-corrected chi connectivity index (χ0v) is 15.6. The fourth-order valence-electron chi connectivity index (χ4n) is 1.04. The highest BCUT2D eigenvalue weighted by Crippen LogP contribution is 1.92. The summed E-state index contributed by atoms with van der Waals surface area (Å²) in [5, 5.41) is 0. The number of benzene rings is 1. The molecule has 0 spiro atoms. The molecule has 0 saturated carbocycles. The lowest BCUT2D eigenvalue weighted by Gasteiger charge is -1.82. The molecule has 0 aliphatic carbocycles. The monoisotopic (exact) mass is 310 g/mol. The van der Waals surface area contributed by atoms with Crippen LogP contribution < -0.4 is 0 Å². The molecular formula is C23H34. The molecule has 0 N–H and O–H groups in total. The van der Waals surface area contributed by atoms with Gasteiger partial charge in [-0.25, -0.2) is 0 Å². The van der Waals surface area contributed by atoms with E-state index in [-0.39, 0.29) is 0 Å². The summed E-state index contributed by atoms with van der Waals surface area (Å²) in [5.41, 5.74) is 2.47. The van der Waals surface area contributed by atoms with Gasteiger partial charge in [0.2, 0.25) is 0 Å². The lowest BCUT2D eigenvalue weighted by molar-refractivity contribution is 1.48. The van der Waals surface area contributed by atoms with Crippen molar-refractivity contribution in [3.05, 3.63) is 110 Å². The summed E-state index contributed by atoms with van der Waals surface area (Å²) in [4.78, 5) is 0. The molecule has 0 heteroatoms. The second-order valence-corrected chi connectivity index (χ2v) is 4.15. The summed E-state index contributed by atoms with van der Waals surface area (Å²) in [7, 11) is 0. The lowest BCUT2D eigenvalue weighted by Crippen LogP contribution is -1.62. The quantitative estimate of drug-likeness (QED) is 0.501. The van der Waals surface area contributed by atoms with Gasteiger partial charge in [0.25, 0.3) is 0 Å². The van der Waals surface area contributed by atoms with Crippen molar-refractivity contribution in [1.29, 1.82) is 0 Å². The number of hydrogen-bond acceptors (Lipinski definition) is 0. The number of hydrogen-bond donors (Lipinski definition) is 0. The Labute approximate surface area is 145 Å². The maximum absolute atomic E-state index is 3.56. The molecule has 1 aromatic carbocycles. The first-order chi connectivity index (χ1) is 11.1. The molecule has 0 aliphatic rings. The average molecular weight is 311 g/mol. The highest BCUT2D eigenvalue weighted by Gasteiger charge is 1.72. The van der Waals surface area contributed by atoms with Crippen LogP contribution in [0, 0.1) is 6.92 Å². The van der Waals surface area contributed by atoms with Crippen LogP contribution in [0.5, 0.6) is 0 Å². The van der Waals surface area contributed by atoms with Crippen molar-refractivity contribution >= 4 is 0 Å². The molecule has 0 heterocycles. The predicted molar refractivity (Wildman–Crippen MR) is 111 cm³/mol. The second kappa shape index (κ2) is 24.7. The largest absolute Gasteiger partial charge is 0.0991 e. The van der Waals surface area contributed by atoms with Crippen molar-refractivity contribution in [1.82, 2.24) is 0 Å². The summed E-state index contributed by atoms with van der Waals surface area (Å²) in [6, 6.07) is 10.3. The molecule has 0 atom stereocenters. The molecule has 0 saturated heterocycles. The van der Waals surface area contributed by atoms with Gasteiger partial charge < -0.3 is 0 Å². The Balaban J connectivity index is -0.000000247. The zero-order valence-electron chi connectivity index (χ0n) is 15.6. The highest BCUT2D eigenvalue weighted by molar-refractivity contribution is 5.17. The highest BCUT2D eigenvalue weighted by atomic mass is 13.8. The second-order valence-electron chi connectivity index (χ2n) is 4.15. The molecule has 0 radical (unpaired) electrons. The van der Waals surface area contributed by atoms with Crippen molar-refractivity contribution in [2.45, 2.75) is 34.6 Å². The van der Waals surface area contributed by atoms with E-state index in [9.17, 15) is 0 Å². The van der Waals surface area contributed by atoms with E-state index in [1.807, 2.05) is 76.3 Å². The van der Waals surface area contributed by atoms with Crippen molar-refractivity contribution in [2.75, 3.05) is 0 Å². The third kappa shape index (κ3) is 28.5. The van der Waals surface area contributed by atoms with Crippen LogP contribution in [0.3, 0.4) is 0 Å². The number of allylic oxidation sites excluding steroid dienone is 9. The molecule has 0 bridgehead atoms. The molecule has 126 valence electrons. The Morgan fingerprint density at radius 1 is 0.870 bits per heavy atom. The maximum Gasteiger partial charge on any atom is -0.0398 e. The molecule has 0 fully saturated rings. The van der Waals surface area contributed by atoms with Crippen LogP contribution in [0.2, 0.25) is 0 Å². The maximum atomic E-state index is 3.56. The summed E-state index contributed by atoms with van der Waals surface area (Å²) in [6.45, 7) is 20.6. The van der Waals surface area contributed by atoms with Crippen LogP contribution in [0.1, 0.15) is 33.3 Å². The van der Waals surface area contributed by atoms with Crippen molar-refractivity contribution in [3.63, 3.8) is 0 Å². The van der Waals surface area contributed by atoms with Gasteiger partial charge in [0.05, 0.1) is 0 Å². The predicted octanol–water partition coefficient (Wildman–Crippen LogP) is 7.63. The van der Waals surface area contributed by atoms with E-state index in [4.69, 9.17) is 0 Å². The van der Waals surface area contributed by atoms with Gasteiger partial charge in [-0.2, -0.15) is 0 Å². The molecule has 0 unspecified atom stereocenters. The smallest absolute Gasteiger partial charge is 0.0398 e. The SMILES string of the molecule is C=C/C=C(/C)C=C.C=C/C=C\C=C/C.CC.Cc1ccccc1. The standard InChI is InChI=1S/C7H8.2C7H10.C2H6/c1-7-5-3-2-4-6-7;1-4-6-7(3)5-2;1-3-5-7-6-4-2;1-2/h2-6H,1H3;4-6H,1-2H2,3H3;3-7H,1H2,2H3;1-2H3/b;7-6-;6-4-,7-5-;. The van der Waals surface area contributed by atoms with Gasteiger partial charge in [-0.3, -0.25) is 0 Å². The van der Waals surface area contributed by atoms with Crippen LogP contribution >= 0.6 is 0 Å². The number of rotatable bonds is 4. The third-order valence-corrected chi connectivity index (χ3v) is 2.19. The van der Waals surface area contributed by atoms with E-state index in [0.717, 1.165) is 5.57 Å². The Morgan fingerprint density at radius 3 is 1.70 bits per heavy atom. The molecule has 0 aliphatic heterocycles. The molecule has 0 nitrogen and oxygen atoms in total. The topological polar surface area (TPSA) is 0 Å². The fraction of sp³-hybridized carbons (Fsp3) is 0.217. The van der Waals surface area contributed by atoms with Crippen LogP contribution in [0.25, 0.3) is 0 Å². The fourth-order valence-corrected chi connectivity index (χ4v) is 1.04. The zero-order chi connectivity index (χ0) is 18.3. The van der Waals surface area contributed by atoms with E-state index in [1.165, 1.54) is 5.56 Å². The Kier molecular flexibility index (Phi) is 27.5. The van der Waals surface area contributed by atoms with Gasteiger partial charge in [0, 0.05) is 0 Å². The van der Waals surface area contributed by atoms with Gasteiger partial charge in [-0.05, 0) is 20.8 Å². The Hall–Kier alpha value is -2.34. The first kappa shape index (κ1) is 25.6. The first-order valence-electron chi connectivity index (χ1n) is 7.96. The van der Waals surface area contributed by atoms with Crippen LogP contribution in [0.15, 0.2) is 104 Å². The summed E-state index contributed by atoms with van der Waals surface area (Å²) >= 11 is 0. The van der Waals surface area contributed by atoms with Crippen LogP contribution in [0.4, 0.5) is 0 Å². The normalized spacial score (nSPS) is 9.52. The Morgan fingerprint density at radius 2 is 1.43 bits per heavy atom. The van der Waals surface area contributed by atoms with E-state index in [0.29, 0.717) is 0 Å². The minimum absolute atomic E-state index is 1.15. The first-order valence-corrected chi connectivity index (χ1v) is 7.96. The average Bonchev–Trinajstić information content (AvgIpc) is 2.59. The summed E-state index contributed by atoms with van der Waals surface area (Å²) < 4.78 is 0. The van der Waals surface area contributed by atoms with E-state index >= 15 is 0 Å². The van der Waals surface area contributed by atoms with Crippen molar-refractivity contribution < 1.29 is 0 Å². The molecular weight excluding hydrogens is 276 g/mol. The van der Waals surface area contributed by atoms with E-state index in [1.54, 1.807) is 18.2 Å². The molecule has 1 aromatic rings. The molecule has 23 heavy (non-hydrogen) atoms. The lowest BCUT2D eigenvalue weighted by atomic mass is 10.2. The summed E-state index contributed by atoms with van der Waals surface area (Å²) in [6.07, 6.45) is 15.0. The van der Waals surface area contributed by atoms with Gasteiger partial charge >= 0.3 is 0 Å². The minimum Gasteiger partial charge on any atom is -0.0991 e. The third-order valence-electron chi connectivity index (χ3n) is 2.19. The van der Waals surface area contributed by atoms with Gasteiger partial charge in [0.15, 0.2) is 0 Å². The van der Waals surface area contributed by atoms with Crippen molar-refractivity contribution in [2.24, 2.45) is 0 Å².